The lowest BCUT2D eigenvalue weighted by atomic mass is 9.78. The SMILES string of the molecule is CCP(=O)(CC)O[C@@H]1CC[C@@H](C[C@@H](C)C2CC(=O)[C@H](C)/C=C(\C)[C@@H](O)[C@@H](OC)C(=O)[C@H](C)C[C@H](C)/C=C/C=C/C=C(\C)[C@@H](OC)C[C@@H]3CC[C@@H](C)[C@@](O)(O3)C(=O)C(=O)N3CCCC[C@H]3C(=O)O2)C[C@H]1OC. The molecular formula is C55H88NO14P. The summed E-state index contributed by atoms with van der Waals surface area (Å²) in [6, 6.07) is -1.16. The molecule has 1 saturated carbocycles. The van der Waals surface area contributed by atoms with Crippen LogP contribution < -0.4 is 0 Å². The van der Waals surface area contributed by atoms with E-state index in [2.05, 4.69) is 0 Å². The average molecular weight is 1020 g/mol. The fourth-order valence-corrected chi connectivity index (χ4v) is 12.3. The standard InChI is InChI=1S/C55H88NO14P/c1-13-71(64,14-2)70-45-26-24-41(31-48(45)66-11)30-37(6)47-33-44(57)36(5)29-39(8)50(59)51(67-12)49(58)38(7)28-34(3)20-16-15-17-21-35(4)46(65-10)32-42-25-23-40(9)55(63,69-42)52(60)53(61)56-27-19-18-22-43(56)54(62)68-47/h15-17,20-21,29,34,36-38,40-43,45-48,50-51,59,63H,13-14,18-19,22-28,30-33H2,1-12H3/b17-15+,20-16+,35-21+,39-29+/t34-,36-,37-,38-,40-,41+,42+,43+,45-,46+,47?,48-,50-,51+,55-/m1/s1. The first kappa shape index (κ1) is 60.4. The van der Waals surface area contributed by atoms with Crippen LogP contribution in [0.2, 0.25) is 0 Å². The van der Waals surface area contributed by atoms with Gasteiger partial charge in [-0.25, -0.2) is 4.79 Å². The Kier molecular flexibility index (Phi) is 23.8. The van der Waals surface area contributed by atoms with E-state index in [0.717, 1.165) is 12.0 Å². The van der Waals surface area contributed by atoms with Crippen LogP contribution in [-0.4, -0.2) is 139 Å². The second-order valence-electron chi connectivity index (χ2n) is 21.1. The number of hydrogen-bond donors (Lipinski definition) is 2. The number of ketones is 3. The van der Waals surface area contributed by atoms with Gasteiger partial charge in [-0.05, 0) is 107 Å². The Morgan fingerprint density at radius 3 is 2.20 bits per heavy atom. The maximum absolute atomic E-state index is 14.5. The fraction of sp³-hybridized carbons (Fsp3) is 0.764. The molecule has 0 radical (unpaired) electrons. The lowest BCUT2D eigenvalue weighted by molar-refractivity contribution is -0.265. The number of piperidine rings is 1. The zero-order chi connectivity index (χ0) is 52.8. The van der Waals surface area contributed by atoms with Crippen LogP contribution in [0, 0.1) is 35.5 Å². The molecule has 15 atom stereocenters. The lowest BCUT2D eigenvalue weighted by Gasteiger charge is -2.42. The molecule has 4 aliphatic rings. The summed E-state index contributed by atoms with van der Waals surface area (Å²) in [6.45, 7) is 16.5. The molecule has 3 fully saturated rings. The molecule has 0 aromatic carbocycles. The van der Waals surface area contributed by atoms with Crippen molar-refractivity contribution < 1.29 is 67.0 Å². The van der Waals surface area contributed by atoms with Gasteiger partial charge in [0.05, 0.1) is 24.4 Å². The van der Waals surface area contributed by atoms with Gasteiger partial charge in [-0.1, -0.05) is 84.9 Å². The van der Waals surface area contributed by atoms with Gasteiger partial charge in [-0.3, -0.25) is 23.7 Å². The molecule has 3 aliphatic heterocycles. The van der Waals surface area contributed by atoms with Crippen molar-refractivity contribution in [1.29, 1.82) is 0 Å². The lowest BCUT2D eigenvalue weighted by Crippen LogP contribution is -2.61. The van der Waals surface area contributed by atoms with Gasteiger partial charge in [0.25, 0.3) is 11.7 Å². The van der Waals surface area contributed by atoms with E-state index in [1.54, 1.807) is 41.1 Å². The highest BCUT2D eigenvalue weighted by Crippen LogP contribution is 2.50. The molecule has 1 unspecified atom stereocenters. The molecule has 15 nitrogen and oxygen atoms in total. The minimum absolute atomic E-state index is 0.0112. The molecule has 0 aromatic heterocycles. The van der Waals surface area contributed by atoms with Gasteiger partial charge in [0, 0.05) is 70.8 Å². The smallest absolute Gasteiger partial charge is 0.329 e. The van der Waals surface area contributed by atoms with Crippen molar-refractivity contribution in [2.45, 2.75) is 194 Å². The topological polar surface area (TPSA) is 201 Å². The Balaban J connectivity index is 1.70. The molecule has 71 heavy (non-hydrogen) atoms. The van der Waals surface area contributed by atoms with E-state index in [1.165, 1.54) is 12.0 Å². The Bertz CT molecular complexity index is 1970. The Hall–Kier alpha value is -3.14. The molecule has 2 saturated heterocycles. The van der Waals surface area contributed by atoms with E-state index in [1.807, 2.05) is 71.9 Å². The van der Waals surface area contributed by atoms with Crippen LogP contribution in [0.25, 0.3) is 0 Å². The van der Waals surface area contributed by atoms with Gasteiger partial charge in [0.1, 0.15) is 30.1 Å². The quantitative estimate of drug-likeness (QED) is 0.0913. The molecular weight excluding hydrogens is 930 g/mol. The van der Waals surface area contributed by atoms with E-state index in [9.17, 15) is 38.8 Å². The van der Waals surface area contributed by atoms with Crippen molar-refractivity contribution >= 4 is 36.6 Å². The highest BCUT2D eigenvalue weighted by atomic mass is 31.2. The second-order valence-corrected chi connectivity index (χ2v) is 24.2. The molecule has 3 heterocycles. The van der Waals surface area contributed by atoms with Crippen LogP contribution in [0.5, 0.6) is 0 Å². The third-order valence-electron chi connectivity index (χ3n) is 15.7. The summed E-state index contributed by atoms with van der Waals surface area (Å²) < 4.78 is 49.4. The fourth-order valence-electron chi connectivity index (χ4n) is 10.8. The summed E-state index contributed by atoms with van der Waals surface area (Å²) in [4.78, 5) is 72.4. The Morgan fingerprint density at radius 1 is 0.845 bits per heavy atom. The molecule has 0 spiro atoms. The number of amides is 1. The molecule has 0 aromatic rings. The van der Waals surface area contributed by atoms with Gasteiger partial charge in [0.15, 0.2) is 5.78 Å². The van der Waals surface area contributed by atoms with Crippen LogP contribution in [0.1, 0.15) is 139 Å². The van der Waals surface area contributed by atoms with Crippen LogP contribution >= 0.6 is 7.37 Å². The zero-order valence-electron chi connectivity index (χ0n) is 44.8. The van der Waals surface area contributed by atoms with Crippen molar-refractivity contribution in [3.8, 4) is 0 Å². The average Bonchev–Trinajstić information content (AvgIpc) is 3.35. The summed E-state index contributed by atoms with van der Waals surface area (Å²) in [7, 11) is 1.77. The highest BCUT2D eigenvalue weighted by Gasteiger charge is 2.53. The van der Waals surface area contributed by atoms with Gasteiger partial charge in [-0.15, -0.1) is 0 Å². The summed E-state index contributed by atoms with van der Waals surface area (Å²) >= 11 is 0. The molecule has 16 heteroatoms. The van der Waals surface area contributed by atoms with Gasteiger partial charge in [0.2, 0.25) is 13.2 Å². The van der Waals surface area contributed by atoms with Gasteiger partial charge < -0.3 is 43.3 Å². The molecule has 1 aliphatic carbocycles. The first-order valence-corrected chi connectivity index (χ1v) is 28.3. The van der Waals surface area contributed by atoms with Crippen molar-refractivity contribution in [2.24, 2.45) is 35.5 Å². The van der Waals surface area contributed by atoms with Crippen LogP contribution in [0.3, 0.4) is 0 Å². The number of aliphatic hydroxyl groups excluding tert-OH is 1. The number of Topliss-reactive ketones (excluding diaryl/α,β-unsaturated/α-hetero) is 3. The Morgan fingerprint density at radius 2 is 1.55 bits per heavy atom. The zero-order valence-corrected chi connectivity index (χ0v) is 45.7. The van der Waals surface area contributed by atoms with Crippen LogP contribution in [0.4, 0.5) is 0 Å². The normalized spacial score (nSPS) is 38.3. The highest BCUT2D eigenvalue weighted by molar-refractivity contribution is 7.58. The molecule has 4 rings (SSSR count). The molecule has 1 amide bonds. The number of aliphatic hydroxyl groups is 2. The Labute approximate surface area is 424 Å². The van der Waals surface area contributed by atoms with E-state index in [-0.39, 0.29) is 60.9 Å². The van der Waals surface area contributed by atoms with Crippen molar-refractivity contribution in [3.63, 3.8) is 0 Å². The van der Waals surface area contributed by atoms with Crippen molar-refractivity contribution in [2.75, 3.05) is 40.2 Å². The minimum Gasteiger partial charge on any atom is -0.460 e. The number of ether oxygens (including phenoxy) is 5. The summed E-state index contributed by atoms with van der Waals surface area (Å²) in [5.74, 6) is -8.10. The number of carbonyl (C=O) groups excluding carboxylic acids is 5. The summed E-state index contributed by atoms with van der Waals surface area (Å²) in [5, 5.41) is 23.5. The number of esters is 1. The van der Waals surface area contributed by atoms with E-state index in [0.29, 0.717) is 75.7 Å². The number of fused-ring (bicyclic) bond motifs is 3. The summed E-state index contributed by atoms with van der Waals surface area (Å²) in [6.07, 6.45) is 12.3. The first-order valence-electron chi connectivity index (χ1n) is 26.3. The van der Waals surface area contributed by atoms with Crippen molar-refractivity contribution in [3.05, 3.63) is 47.6 Å². The number of nitrogens with zero attached hydrogens (tertiary/aromatic N) is 1. The minimum atomic E-state index is -2.81. The number of methoxy groups -OCH3 is 3. The van der Waals surface area contributed by atoms with E-state index >= 15 is 0 Å². The van der Waals surface area contributed by atoms with Gasteiger partial charge in [-0.2, -0.15) is 0 Å². The predicted molar refractivity (Wildman–Crippen MR) is 273 cm³/mol. The number of carbonyl (C=O) groups is 5. The maximum atomic E-state index is 14.5. The molecule has 2 bridgehead atoms. The largest absolute Gasteiger partial charge is 0.460 e. The maximum Gasteiger partial charge on any atom is 0.329 e. The predicted octanol–water partition coefficient (Wildman–Crippen LogP) is 8.52. The van der Waals surface area contributed by atoms with Crippen LogP contribution in [-0.2, 0) is 56.7 Å². The number of rotatable bonds is 10. The second kappa shape index (κ2) is 28.0. The monoisotopic (exact) mass is 1020 g/mol. The van der Waals surface area contributed by atoms with Gasteiger partial charge >= 0.3 is 5.97 Å². The van der Waals surface area contributed by atoms with E-state index in [4.69, 9.17) is 28.2 Å². The number of hydrogen-bond acceptors (Lipinski definition) is 14. The summed E-state index contributed by atoms with van der Waals surface area (Å²) in [5.41, 5.74) is 1.26. The number of allylic oxidation sites excluding steroid dienone is 6. The first-order chi connectivity index (χ1) is 33.6. The van der Waals surface area contributed by atoms with Crippen molar-refractivity contribution in [1.82, 2.24) is 4.90 Å². The molecule has 2 N–H and O–H groups in total. The third-order valence-corrected chi connectivity index (χ3v) is 18.3. The number of cyclic esters (lactones) is 1. The third kappa shape index (κ3) is 16.2. The molecule has 402 valence electrons. The van der Waals surface area contributed by atoms with E-state index < -0.39 is 85.1 Å². The van der Waals surface area contributed by atoms with Crippen LogP contribution in [0.15, 0.2) is 47.6 Å².